The van der Waals surface area contributed by atoms with E-state index >= 15 is 0 Å². The predicted molar refractivity (Wildman–Crippen MR) is 211 cm³/mol. The van der Waals surface area contributed by atoms with Crippen molar-refractivity contribution < 1.29 is 4.42 Å². The average Bonchev–Trinajstić information content (AvgIpc) is 3.85. The van der Waals surface area contributed by atoms with Crippen molar-refractivity contribution in [3.05, 3.63) is 176 Å². The highest BCUT2D eigenvalue weighted by atomic mass is 16.3. The van der Waals surface area contributed by atoms with E-state index in [-0.39, 0.29) is 0 Å². The van der Waals surface area contributed by atoms with Gasteiger partial charge in [-0.2, -0.15) is 0 Å². The predicted octanol–water partition coefficient (Wildman–Crippen LogP) is 12.5. The van der Waals surface area contributed by atoms with Crippen molar-refractivity contribution in [1.29, 1.82) is 0 Å². The smallest absolute Gasteiger partial charge is 0.160 e. The molecule has 0 fully saturated rings. The average molecular weight is 652 g/mol. The van der Waals surface area contributed by atoms with Crippen molar-refractivity contribution in [3.8, 4) is 33.9 Å². The van der Waals surface area contributed by atoms with Crippen LogP contribution in [0.5, 0.6) is 0 Å². The Morgan fingerprint density at radius 2 is 0.980 bits per heavy atom. The van der Waals surface area contributed by atoms with E-state index in [0.29, 0.717) is 0 Å². The van der Waals surface area contributed by atoms with Crippen LogP contribution in [0.15, 0.2) is 180 Å². The van der Waals surface area contributed by atoms with Gasteiger partial charge in [-0.3, -0.25) is 0 Å². The molecule has 4 heterocycles. The first-order valence-corrected chi connectivity index (χ1v) is 17.3. The summed E-state index contributed by atoms with van der Waals surface area (Å²) >= 11 is 0. The summed E-state index contributed by atoms with van der Waals surface area (Å²) in [7, 11) is 0. The Morgan fingerprint density at radius 1 is 0.373 bits per heavy atom. The van der Waals surface area contributed by atoms with Crippen LogP contribution in [0.1, 0.15) is 0 Å². The molecule has 0 aliphatic rings. The minimum atomic E-state index is 0.901. The van der Waals surface area contributed by atoms with Crippen molar-refractivity contribution in [1.82, 2.24) is 14.1 Å². The van der Waals surface area contributed by atoms with E-state index < -0.39 is 0 Å². The second-order valence-corrected chi connectivity index (χ2v) is 13.2. The van der Waals surface area contributed by atoms with Gasteiger partial charge in [-0.15, -0.1) is 0 Å². The van der Waals surface area contributed by atoms with E-state index in [2.05, 4.69) is 173 Å². The van der Waals surface area contributed by atoms with Crippen molar-refractivity contribution in [3.63, 3.8) is 0 Å². The van der Waals surface area contributed by atoms with Gasteiger partial charge in [0, 0.05) is 54.8 Å². The van der Waals surface area contributed by atoms with Gasteiger partial charge in [0.25, 0.3) is 0 Å². The van der Waals surface area contributed by atoms with Crippen LogP contribution in [-0.2, 0) is 0 Å². The minimum Gasteiger partial charge on any atom is -0.454 e. The standard InChI is InChI=1S/C47H29N3O/c1-3-12-30(13-4-1)40-18-11-19-41(48-40)31-22-24-33(25-23-31)49-42-20-9-7-16-34(42)38-28-39-36-26-27-37-35-17-8-10-21-45(35)51-47(37)46(36)50(44(39)29-43(38)49)32-14-5-2-6-15-32/h1-29H. The normalized spacial score (nSPS) is 11.9. The third-order valence-electron chi connectivity index (χ3n) is 10.3. The number of aromatic nitrogens is 3. The van der Waals surface area contributed by atoms with Crippen LogP contribution in [0, 0.1) is 0 Å². The number of benzene rings is 7. The molecule has 4 heteroatoms. The molecule has 0 saturated heterocycles. The van der Waals surface area contributed by atoms with Crippen LogP contribution in [-0.4, -0.2) is 14.1 Å². The summed E-state index contributed by atoms with van der Waals surface area (Å²) in [6, 6.07) is 62.3. The molecule has 11 aromatic rings. The van der Waals surface area contributed by atoms with E-state index in [1.165, 1.54) is 27.1 Å². The highest BCUT2D eigenvalue weighted by Gasteiger charge is 2.22. The number of hydrogen-bond acceptors (Lipinski definition) is 2. The quantitative estimate of drug-likeness (QED) is 0.190. The van der Waals surface area contributed by atoms with Gasteiger partial charge in [-0.05, 0) is 66.7 Å². The second-order valence-electron chi connectivity index (χ2n) is 13.2. The van der Waals surface area contributed by atoms with Gasteiger partial charge in [0.15, 0.2) is 5.58 Å². The molecule has 0 saturated carbocycles. The van der Waals surface area contributed by atoms with Crippen LogP contribution in [0.3, 0.4) is 0 Å². The Labute approximate surface area is 293 Å². The molecule has 0 unspecified atom stereocenters. The molecule has 0 aliphatic carbocycles. The molecule has 0 bridgehead atoms. The summed E-state index contributed by atoms with van der Waals surface area (Å²) in [6.45, 7) is 0. The molecule has 4 aromatic heterocycles. The molecule has 0 N–H and O–H groups in total. The highest BCUT2D eigenvalue weighted by Crippen LogP contribution is 2.43. The van der Waals surface area contributed by atoms with E-state index in [1.807, 2.05) is 12.1 Å². The van der Waals surface area contributed by atoms with E-state index in [4.69, 9.17) is 9.40 Å². The number of para-hydroxylation sites is 3. The summed E-state index contributed by atoms with van der Waals surface area (Å²) < 4.78 is 11.4. The Hall–Kier alpha value is -6.91. The molecule has 0 radical (unpaired) electrons. The van der Waals surface area contributed by atoms with E-state index in [9.17, 15) is 0 Å². The maximum atomic E-state index is 6.65. The molecule has 238 valence electrons. The van der Waals surface area contributed by atoms with Crippen LogP contribution in [0.2, 0.25) is 0 Å². The largest absolute Gasteiger partial charge is 0.454 e. The third kappa shape index (κ3) is 4.17. The first-order chi connectivity index (χ1) is 25.3. The Kier molecular flexibility index (Phi) is 5.92. The maximum absolute atomic E-state index is 6.65. The first kappa shape index (κ1) is 28.0. The highest BCUT2D eigenvalue weighted by molar-refractivity contribution is 6.24. The van der Waals surface area contributed by atoms with E-state index in [0.717, 1.165) is 72.4 Å². The van der Waals surface area contributed by atoms with Crippen LogP contribution in [0.4, 0.5) is 0 Å². The summed E-state index contributed by atoms with van der Waals surface area (Å²) in [5.41, 5.74) is 12.7. The lowest BCUT2D eigenvalue weighted by atomic mass is 10.1. The summed E-state index contributed by atoms with van der Waals surface area (Å²) in [5, 5.41) is 7.08. The number of hydrogen-bond donors (Lipinski definition) is 0. The van der Waals surface area contributed by atoms with Gasteiger partial charge in [-0.1, -0.05) is 109 Å². The van der Waals surface area contributed by atoms with Crippen molar-refractivity contribution in [2.45, 2.75) is 0 Å². The molecule has 0 spiro atoms. The Bertz CT molecular complexity index is 3110. The Balaban J connectivity index is 1.16. The summed E-state index contributed by atoms with van der Waals surface area (Å²) in [5.74, 6) is 0. The number of pyridine rings is 1. The molecule has 7 aromatic carbocycles. The van der Waals surface area contributed by atoms with Crippen LogP contribution in [0.25, 0.3) is 99.4 Å². The molecule has 0 atom stereocenters. The van der Waals surface area contributed by atoms with Crippen molar-refractivity contribution in [2.75, 3.05) is 0 Å². The summed E-state index contributed by atoms with van der Waals surface area (Å²) in [6.07, 6.45) is 0. The second kappa shape index (κ2) is 10.8. The van der Waals surface area contributed by atoms with Crippen LogP contribution < -0.4 is 0 Å². The van der Waals surface area contributed by atoms with Crippen molar-refractivity contribution >= 4 is 65.6 Å². The van der Waals surface area contributed by atoms with Crippen LogP contribution >= 0.6 is 0 Å². The lowest BCUT2D eigenvalue weighted by Crippen LogP contribution is -1.96. The lowest BCUT2D eigenvalue weighted by Gasteiger charge is -2.11. The molecular weight excluding hydrogens is 623 g/mol. The van der Waals surface area contributed by atoms with Crippen molar-refractivity contribution in [2.24, 2.45) is 0 Å². The molecule has 11 rings (SSSR count). The zero-order valence-corrected chi connectivity index (χ0v) is 27.5. The molecule has 0 amide bonds. The molecule has 51 heavy (non-hydrogen) atoms. The number of rotatable bonds is 4. The number of furan rings is 1. The number of nitrogens with zero attached hydrogens (tertiary/aromatic N) is 3. The fraction of sp³-hybridized carbons (Fsp3) is 0. The maximum Gasteiger partial charge on any atom is 0.160 e. The zero-order chi connectivity index (χ0) is 33.5. The number of fused-ring (bicyclic) bond motifs is 10. The molecule has 4 nitrogen and oxygen atoms in total. The fourth-order valence-corrected chi connectivity index (χ4v) is 8.01. The van der Waals surface area contributed by atoms with Gasteiger partial charge in [0.05, 0.1) is 33.5 Å². The van der Waals surface area contributed by atoms with Gasteiger partial charge < -0.3 is 13.6 Å². The summed E-state index contributed by atoms with van der Waals surface area (Å²) in [4.78, 5) is 5.02. The van der Waals surface area contributed by atoms with Gasteiger partial charge in [-0.25, -0.2) is 4.98 Å². The van der Waals surface area contributed by atoms with Gasteiger partial charge in [0.2, 0.25) is 0 Å². The SMILES string of the molecule is c1ccc(-c2cccc(-c3ccc(-n4c5ccccc5c5cc6c7ccc8c9ccccc9oc8c7n(-c7ccccc7)c6cc54)cc3)n2)cc1. The Morgan fingerprint density at radius 3 is 1.78 bits per heavy atom. The van der Waals surface area contributed by atoms with Gasteiger partial charge >= 0.3 is 0 Å². The fourth-order valence-electron chi connectivity index (χ4n) is 8.01. The third-order valence-corrected chi connectivity index (χ3v) is 10.3. The topological polar surface area (TPSA) is 35.9 Å². The zero-order valence-electron chi connectivity index (χ0n) is 27.5. The first-order valence-electron chi connectivity index (χ1n) is 17.3. The molecular formula is C47H29N3O. The monoisotopic (exact) mass is 651 g/mol. The minimum absolute atomic E-state index is 0.901. The molecule has 0 aliphatic heterocycles. The van der Waals surface area contributed by atoms with E-state index in [1.54, 1.807) is 0 Å². The lowest BCUT2D eigenvalue weighted by molar-refractivity contribution is 0.671. The van der Waals surface area contributed by atoms with Gasteiger partial charge in [0.1, 0.15) is 5.58 Å².